The molecule has 1 fully saturated rings. The van der Waals surface area contributed by atoms with Gasteiger partial charge in [0, 0.05) is 24.8 Å². The number of aromatic nitrogens is 1. The Labute approximate surface area is 121 Å². The van der Waals surface area contributed by atoms with Crippen molar-refractivity contribution in [3.63, 3.8) is 0 Å². The smallest absolute Gasteiger partial charge is 0.329 e. The third kappa shape index (κ3) is 3.88. The van der Waals surface area contributed by atoms with Crippen LogP contribution in [-0.2, 0) is 9.53 Å². The fraction of sp³-hybridized carbons (Fsp3) is 0.538. The highest BCUT2D eigenvalue weighted by atomic mass is 16.6. The molecule has 1 aromatic rings. The van der Waals surface area contributed by atoms with Crippen molar-refractivity contribution in [1.82, 2.24) is 4.98 Å². The molecule has 0 aromatic carbocycles. The highest BCUT2D eigenvalue weighted by Gasteiger charge is 2.26. The third-order valence-electron chi connectivity index (χ3n) is 3.37. The number of carbonyl (C=O) groups is 1. The molecule has 1 aliphatic rings. The van der Waals surface area contributed by atoms with Crippen molar-refractivity contribution in [2.45, 2.75) is 25.9 Å². The number of anilines is 1. The van der Waals surface area contributed by atoms with Crippen LogP contribution < -0.4 is 4.90 Å². The van der Waals surface area contributed by atoms with E-state index in [0.29, 0.717) is 31.7 Å². The summed E-state index contributed by atoms with van der Waals surface area (Å²) >= 11 is 0. The number of aliphatic carboxylic acids is 1. The molecule has 0 radical (unpaired) electrons. The predicted molar refractivity (Wildman–Crippen MR) is 74.5 cm³/mol. The van der Waals surface area contributed by atoms with Crippen LogP contribution in [0.25, 0.3) is 0 Å². The average Bonchev–Trinajstić information content (AvgIpc) is 2.45. The van der Waals surface area contributed by atoms with Crippen LogP contribution in [0.15, 0.2) is 12.1 Å². The van der Waals surface area contributed by atoms with Gasteiger partial charge in [0.15, 0.2) is 0 Å². The van der Waals surface area contributed by atoms with Crippen molar-refractivity contribution >= 4 is 17.5 Å². The number of carboxylic acids is 1. The van der Waals surface area contributed by atoms with Crippen molar-refractivity contribution < 1.29 is 19.6 Å². The van der Waals surface area contributed by atoms with Gasteiger partial charge in [0.05, 0.1) is 11.0 Å². The summed E-state index contributed by atoms with van der Waals surface area (Å²) in [4.78, 5) is 27.2. The largest absolute Gasteiger partial charge is 0.480 e. The zero-order chi connectivity index (χ0) is 15.4. The topological polar surface area (TPSA) is 106 Å². The molecule has 0 atom stereocenters. The Hall–Kier alpha value is -2.22. The zero-order valence-corrected chi connectivity index (χ0v) is 11.7. The van der Waals surface area contributed by atoms with Gasteiger partial charge in [-0.2, -0.15) is 0 Å². The Bertz CT molecular complexity index is 541. The van der Waals surface area contributed by atoms with E-state index in [2.05, 4.69) is 4.98 Å². The first-order valence-electron chi connectivity index (χ1n) is 6.67. The molecule has 0 aliphatic carbocycles. The van der Waals surface area contributed by atoms with Crippen LogP contribution in [0.5, 0.6) is 0 Å². The van der Waals surface area contributed by atoms with Crippen LogP contribution in [0.4, 0.5) is 11.5 Å². The van der Waals surface area contributed by atoms with Gasteiger partial charge in [0.1, 0.15) is 6.61 Å². The van der Waals surface area contributed by atoms with E-state index < -0.39 is 10.9 Å². The number of carboxylic acid groups (broad SMARTS) is 1. The fourth-order valence-electron chi connectivity index (χ4n) is 2.33. The van der Waals surface area contributed by atoms with Gasteiger partial charge in [-0.15, -0.1) is 0 Å². The summed E-state index contributed by atoms with van der Waals surface area (Å²) in [6.45, 7) is 2.59. The van der Waals surface area contributed by atoms with Crippen LogP contribution in [0.1, 0.15) is 18.5 Å². The number of ether oxygens (including phenoxy) is 1. The van der Waals surface area contributed by atoms with Gasteiger partial charge in [-0.3, -0.25) is 10.1 Å². The Morgan fingerprint density at radius 1 is 1.52 bits per heavy atom. The zero-order valence-electron chi connectivity index (χ0n) is 11.7. The minimum Gasteiger partial charge on any atom is -0.480 e. The Morgan fingerprint density at radius 3 is 2.76 bits per heavy atom. The number of aryl methyl sites for hydroxylation is 1. The quantitative estimate of drug-likeness (QED) is 0.645. The summed E-state index contributed by atoms with van der Waals surface area (Å²) in [5.74, 6) is -0.620. The number of hydrogen-bond donors (Lipinski definition) is 1. The first-order chi connectivity index (χ1) is 9.97. The Kier molecular flexibility index (Phi) is 4.69. The number of piperidine rings is 1. The van der Waals surface area contributed by atoms with Gasteiger partial charge in [-0.05, 0) is 25.8 Å². The first kappa shape index (κ1) is 15.2. The normalized spacial score (nSPS) is 16.0. The number of rotatable bonds is 5. The first-order valence-corrected chi connectivity index (χ1v) is 6.67. The molecule has 1 aliphatic heterocycles. The standard InChI is InChI=1S/C13H17N3O5/c1-9-2-3-11(16(19)20)13(14-9)15-6-4-10(5-7-15)21-8-12(17)18/h2-3,10H,4-8H2,1H3,(H,17,18). The van der Waals surface area contributed by atoms with Crippen LogP contribution in [0, 0.1) is 17.0 Å². The van der Waals surface area contributed by atoms with E-state index in [1.165, 1.54) is 6.07 Å². The van der Waals surface area contributed by atoms with Gasteiger partial charge in [-0.1, -0.05) is 0 Å². The fourth-order valence-corrected chi connectivity index (χ4v) is 2.33. The highest BCUT2D eigenvalue weighted by molar-refractivity contribution is 5.68. The second-order valence-corrected chi connectivity index (χ2v) is 4.94. The van der Waals surface area contributed by atoms with E-state index in [4.69, 9.17) is 9.84 Å². The molecular weight excluding hydrogens is 278 g/mol. The SMILES string of the molecule is Cc1ccc([N+](=O)[O-])c(N2CCC(OCC(=O)O)CC2)n1. The van der Waals surface area contributed by atoms with Crippen molar-refractivity contribution in [3.05, 3.63) is 27.9 Å². The Balaban J connectivity index is 2.03. The molecule has 0 spiro atoms. The molecule has 2 rings (SSSR count). The van der Waals surface area contributed by atoms with E-state index in [9.17, 15) is 14.9 Å². The van der Waals surface area contributed by atoms with Crippen LogP contribution >= 0.6 is 0 Å². The van der Waals surface area contributed by atoms with E-state index in [-0.39, 0.29) is 18.4 Å². The maximum absolute atomic E-state index is 11.1. The average molecular weight is 295 g/mol. The molecule has 8 nitrogen and oxygen atoms in total. The molecule has 21 heavy (non-hydrogen) atoms. The van der Waals surface area contributed by atoms with Crippen molar-refractivity contribution in [3.8, 4) is 0 Å². The van der Waals surface area contributed by atoms with E-state index in [0.717, 1.165) is 5.69 Å². The molecule has 0 unspecified atom stereocenters. The maximum atomic E-state index is 11.1. The lowest BCUT2D eigenvalue weighted by Crippen LogP contribution is -2.38. The van der Waals surface area contributed by atoms with Crippen LogP contribution in [0.2, 0.25) is 0 Å². The summed E-state index contributed by atoms with van der Waals surface area (Å²) in [5, 5.41) is 19.6. The van der Waals surface area contributed by atoms with E-state index in [1.54, 1.807) is 13.0 Å². The molecule has 1 saturated heterocycles. The lowest BCUT2D eigenvalue weighted by Gasteiger charge is -2.32. The van der Waals surface area contributed by atoms with Gasteiger partial charge in [0.25, 0.3) is 0 Å². The highest BCUT2D eigenvalue weighted by Crippen LogP contribution is 2.28. The minimum absolute atomic E-state index is 0.00879. The summed E-state index contributed by atoms with van der Waals surface area (Å²) in [6.07, 6.45) is 1.13. The molecule has 2 heterocycles. The number of nitro groups is 1. The molecule has 114 valence electrons. The number of pyridine rings is 1. The van der Waals surface area contributed by atoms with Gasteiger partial charge in [0.2, 0.25) is 5.82 Å². The van der Waals surface area contributed by atoms with Crippen LogP contribution in [0.3, 0.4) is 0 Å². The van der Waals surface area contributed by atoms with Crippen molar-refractivity contribution in [1.29, 1.82) is 0 Å². The molecule has 8 heteroatoms. The maximum Gasteiger partial charge on any atom is 0.329 e. The van der Waals surface area contributed by atoms with Crippen molar-refractivity contribution in [2.75, 3.05) is 24.6 Å². The van der Waals surface area contributed by atoms with Gasteiger partial charge < -0.3 is 14.7 Å². The lowest BCUT2D eigenvalue weighted by molar-refractivity contribution is -0.384. The molecular formula is C13H17N3O5. The summed E-state index contributed by atoms with van der Waals surface area (Å²) < 4.78 is 5.25. The summed E-state index contributed by atoms with van der Waals surface area (Å²) in [6, 6.07) is 3.08. The molecule has 0 bridgehead atoms. The van der Waals surface area contributed by atoms with Gasteiger partial charge >= 0.3 is 11.7 Å². The molecule has 0 saturated carbocycles. The Morgan fingerprint density at radius 2 is 2.19 bits per heavy atom. The number of nitrogens with zero attached hydrogens (tertiary/aromatic N) is 3. The monoisotopic (exact) mass is 295 g/mol. The minimum atomic E-state index is -0.992. The van der Waals surface area contributed by atoms with Crippen molar-refractivity contribution in [2.24, 2.45) is 0 Å². The summed E-state index contributed by atoms with van der Waals surface area (Å²) in [5.41, 5.74) is 0.713. The molecule has 0 amide bonds. The van der Waals surface area contributed by atoms with E-state index in [1.807, 2.05) is 4.90 Å². The van der Waals surface area contributed by atoms with E-state index >= 15 is 0 Å². The number of hydrogen-bond acceptors (Lipinski definition) is 6. The van der Waals surface area contributed by atoms with Gasteiger partial charge in [-0.25, -0.2) is 9.78 Å². The summed E-state index contributed by atoms with van der Waals surface area (Å²) in [7, 11) is 0. The predicted octanol–water partition coefficient (Wildman–Crippen LogP) is 1.37. The second kappa shape index (κ2) is 6.49. The third-order valence-corrected chi connectivity index (χ3v) is 3.37. The molecule has 1 aromatic heterocycles. The second-order valence-electron chi connectivity index (χ2n) is 4.94. The van der Waals surface area contributed by atoms with Crippen LogP contribution in [-0.4, -0.2) is 46.8 Å². The molecule has 1 N–H and O–H groups in total. The lowest BCUT2D eigenvalue weighted by atomic mass is 10.1.